The maximum absolute atomic E-state index is 12.2. The number of aromatic nitrogens is 1. The Hall–Kier alpha value is -1.88. The monoisotopic (exact) mass is 247 g/mol. The lowest BCUT2D eigenvalue weighted by Gasteiger charge is -2.14. The van der Waals surface area contributed by atoms with E-state index in [1.165, 1.54) is 16.2 Å². The molecule has 0 unspecified atom stereocenters. The quantitative estimate of drug-likeness (QED) is 0.886. The van der Waals surface area contributed by atoms with Gasteiger partial charge >= 0.3 is 0 Å². The molecule has 0 saturated carbocycles. The summed E-state index contributed by atoms with van der Waals surface area (Å²) in [5.41, 5.74) is 6.40. The average molecular weight is 247 g/mol. The minimum atomic E-state index is -0.0894. The second-order valence-corrected chi connectivity index (χ2v) is 4.93. The lowest BCUT2D eigenvalue weighted by atomic mass is 10.3. The Balaban J connectivity index is 2.26. The summed E-state index contributed by atoms with van der Waals surface area (Å²) < 4.78 is 0. The van der Waals surface area contributed by atoms with Crippen LogP contribution in [0.3, 0.4) is 0 Å². The molecular weight excluding hydrogens is 234 g/mol. The van der Waals surface area contributed by atoms with E-state index in [2.05, 4.69) is 4.98 Å². The normalized spacial score (nSPS) is 10.2. The highest BCUT2D eigenvalue weighted by atomic mass is 32.1. The molecule has 0 atom stereocenters. The summed E-state index contributed by atoms with van der Waals surface area (Å²) in [6.45, 7) is 1.90. The van der Waals surface area contributed by atoms with Crippen molar-refractivity contribution >= 4 is 28.7 Å². The number of hydrogen-bond donors (Lipinski definition) is 1. The highest BCUT2D eigenvalue weighted by Crippen LogP contribution is 2.25. The predicted molar refractivity (Wildman–Crippen MR) is 70.4 cm³/mol. The van der Waals surface area contributed by atoms with E-state index < -0.39 is 0 Å². The van der Waals surface area contributed by atoms with Crippen molar-refractivity contribution in [2.24, 2.45) is 0 Å². The van der Waals surface area contributed by atoms with E-state index in [0.717, 1.165) is 4.88 Å². The van der Waals surface area contributed by atoms with Crippen LogP contribution in [0.25, 0.3) is 0 Å². The Kier molecular flexibility index (Phi) is 3.10. The van der Waals surface area contributed by atoms with Crippen LogP contribution in [0.4, 0.5) is 11.5 Å². The molecular formula is C12H13N3OS. The summed E-state index contributed by atoms with van der Waals surface area (Å²) in [4.78, 5) is 19.4. The molecule has 2 N–H and O–H groups in total. The molecule has 1 amide bonds. The lowest BCUT2D eigenvalue weighted by Crippen LogP contribution is -2.26. The second kappa shape index (κ2) is 4.55. The standard InChI is InChI=1S/C12H13N3OS/c1-8-9(13)7-10(17-8)12(16)15(2)11-5-3-4-6-14-11/h3-7H,13H2,1-2H3. The molecule has 2 aromatic heterocycles. The van der Waals surface area contributed by atoms with E-state index in [4.69, 9.17) is 5.73 Å². The largest absolute Gasteiger partial charge is 0.398 e. The van der Waals surface area contributed by atoms with E-state index in [-0.39, 0.29) is 5.91 Å². The number of thiophene rings is 1. The summed E-state index contributed by atoms with van der Waals surface area (Å²) in [5.74, 6) is 0.538. The zero-order chi connectivity index (χ0) is 12.4. The highest BCUT2D eigenvalue weighted by Gasteiger charge is 2.17. The molecule has 2 heterocycles. The minimum absolute atomic E-state index is 0.0894. The average Bonchev–Trinajstić information content (AvgIpc) is 2.69. The van der Waals surface area contributed by atoms with Gasteiger partial charge in [0, 0.05) is 23.8 Å². The first-order valence-corrected chi connectivity index (χ1v) is 5.96. The number of aryl methyl sites for hydroxylation is 1. The number of nitrogens with two attached hydrogens (primary N) is 1. The first-order valence-electron chi connectivity index (χ1n) is 5.14. The van der Waals surface area contributed by atoms with Gasteiger partial charge in [-0.05, 0) is 25.1 Å². The molecule has 0 bridgehead atoms. The van der Waals surface area contributed by atoms with Crippen molar-refractivity contribution in [3.8, 4) is 0 Å². The maximum atomic E-state index is 12.2. The molecule has 0 fully saturated rings. The van der Waals surface area contributed by atoms with Gasteiger partial charge in [-0.2, -0.15) is 0 Å². The van der Waals surface area contributed by atoms with E-state index >= 15 is 0 Å². The van der Waals surface area contributed by atoms with Gasteiger partial charge in [0.2, 0.25) is 0 Å². The molecule has 2 rings (SSSR count). The third kappa shape index (κ3) is 2.29. The third-order valence-electron chi connectivity index (χ3n) is 2.46. The van der Waals surface area contributed by atoms with Crippen LogP contribution >= 0.6 is 11.3 Å². The molecule has 2 aromatic rings. The number of nitrogens with zero attached hydrogens (tertiary/aromatic N) is 2. The SMILES string of the molecule is Cc1sc(C(=O)N(C)c2ccccn2)cc1N. The Bertz CT molecular complexity index is 516. The van der Waals surface area contributed by atoms with Gasteiger partial charge in [-0.15, -0.1) is 11.3 Å². The molecule has 0 aromatic carbocycles. The van der Waals surface area contributed by atoms with Crippen LogP contribution in [0.1, 0.15) is 14.5 Å². The molecule has 0 saturated heterocycles. The zero-order valence-corrected chi connectivity index (χ0v) is 10.5. The number of amides is 1. The third-order valence-corrected chi connectivity index (χ3v) is 3.52. The van der Waals surface area contributed by atoms with E-state index in [1.54, 1.807) is 25.4 Å². The van der Waals surface area contributed by atoms with Crippen molar-refractivity contribution in [3.63, 3.8) is 0 Å². The number of pyridine rings is 1. The van der Waals surface area contributed by atoms with Crippen molar-refractivity contribution in [1.82, 2.24) is 4.98 Å². The van der Waals surface area contributed by atoms with Crippen LogP contribution in [0.5, 0.6) is 0 Å². The fourth-order valence-electron chi connectivity index (χ4n) is 1.42. The summed E-state index contributed by atoms with van der Waals surface area (Å²) >= 11 is 1.40. The number of anilines is 2. The highest BCUT2D eigenvalue weighted by molar-refractivity contribution is 7.14. The molecule has 0 spiro atoms. The smallest absolute Gasteiger partial charge is 0.269 e. The Morgan fingerprint density at radius 2 is 2.24 bits per heavy atom. The van der Waals surface area contributed by atoms with Crippen LogP contribution < -0.4 is 10.6 Å². The summed E-state index contributed by atoms with van der Waals surface area (Å²) in [6, 6.07) is 7.17. The van der Waals surface area contributed by atoms with Gasteiger partial charge in [0.05, 0.1) is 4.88 Å². The molecule has 0 radical (unpaired) electrons. The Morgan fingerprint density at radius 1 is 1.47 bits per heavy atom. The zero-order valence-electron chi connectivity index (χ0n) is 9.68. The molecule has 0 aliphatic rings. The van der Waals surface area contributed by atoms with Crippen LogP contribution in [0, 0.1) is 6.92 Å². The molecule has 0 aliphatic carbocycles. The summed E-state index contributed by atoms with van der Waals surface area (Å²) in [7, 11) is 1.70. The van der Waals surface area contributed by atoms with E-state index in [9.17, 15) is 4.79 Å². The van der Waals surface area contributed by atoms with Gasteiger partial charge in [-0.25, -0.2) is 4.98 Å². The summed E-state index contributed by atoms with van der Waals surface area (Å²) in [5, 5.41) is 0. The van der Waals surface area contributed by atoms with Crippen molar-refractivity contribution in [3.05, 3.63) is 40.2 Å². The lowest BCUT2D eigenvalue weighted by molar-refractivity contribution is 0.0996. The van der Waals surface area contributed by atoms with Crippen molar-refractivity contribution in [2.45, 2.75) is 6.92 Å². The Morgan fingerprint density at radius 3 is 2.76 bits per heavy atom. The number of carbonyl (C=O) groups excluding carboxylic acids is 1. The van der Waals surface area contributed by atoms with Gasteiger partial charge < -0.3 is 5.73 Å². The fourth-order valence-corrected chi connectivity index (χ4v) is 2.34. The van der Waals surface area contributed by atoms with Crippen molar-refractivity contribution < 1.29 is 4.79 Å². The van der Waals surface area contributed by atoms with Crippen LogP contribution in [-0.4, -0.2) is 17.9 Å². The molecule has 5 heteroatoms. The Labute approximate surface area is 104 Å². The molecule has 4 nitrogen and oxygen atoms in total. The number of nitrogen functional groups attached to an aromatic ring is 1. The maximum Gasteiger partial charge on any atom is 0.269 e. The predicted octanol–water partition coefficient (Wildman–Crippen LogP) is 2.31. The van der Waals surface area contributed by atoms with Crippen molar-refractivity contribution in [2.75, 3.05) is 17.7 Å². The number of hydrogen-bond acceptors (Lipinski definition) is 4. The molecule has 88 valence electrons. The van der Waals surface area contributed by atoms with Crippen LogP contribution in [0.2, 0.25) is 0 Å². The minimum Gasteiger partial charge on any atom is -0.398 e. The summed E-state index contributed by atoms with van der Waals surface area (Å²) in [6.07, 6.45) is 1.66. The van der Waals surface area contributed by atoms with E-state index in [0.29, 0.717) is 16.4 Å². The molecule has 0 aliphatic heterocycles. The first kappa shape index (κ1) is 11.6. The second-order valence-electron chi connectivity index (χ2n) is 3.67. The van der Waals surface area contributed by atoms with Gasteiger partial charge in [-0.1, -0.05) is 6.07 Å². The first-order chi connectivity index (χ1) is 8.09. The van der Waals surface area contributed by atoms with Gasteiger partial charge in [-0.3, -0.25) is 9.69 Å². The van der Waals surface area contributed by atoms with Gasteiger partial charge in [0.15, 0.2) is 0 Å². The van der Waals surface area contributed by atoms with E-state index in [1.807, 2.05) is 19.1 Å². The number of rotatable bonds is 2. The van der Waals surface area contributed by atoms with Gasteiger partial charge in [0.1, 0.15) is 5.82 Å². The number of carbonyl (C=O) groups is 1. The topological polar surface area (TPSA) is 59.2 Å². The fraction of sp³-hybridized carbons (Fsp3) is 0.167. The van der Waals surface area contributed by atoms with Crippen LogP contribution in [0.15, 0.2) is 30.5 Å². The molecule has 17 heavy (non-hydrogen) atoms. The van der Waals surface area contributed by atoms with Crippen molar-refractivity contribution in [1.29, 1.82) is 0 Å². The van der Waals surface area contributed by atoms with Gasteiger partial charge in [0.25, 0.3) is 5.91 Å². The van der Waals surface area contributed by atoms with Crippen LogP contribution in [-0.2, 0) is 0 Å².